The van der Waals surface area contributed by atoms with E-state index in [0.717, 1.165) is 42.7 Å². The molecule has 0 fully saturated rings. The van der Waals surface area contributed by atoms with E-state index in [1.54, 1.807) is 12.1 Å². The Kier molecular flexibility index (Phi) is 4.18. The number of phenolic OH excluding ortho intramolecular Hbond substituents is 1. The average molecular weight is 331 g/mol. The van der Waals surface area contributed by atoms with Crippen LogP contribution >= 0.6 is 12.4 Å². The molecule has 0 bridgehead atoms. The third-order valence-corrected chi connectivity index (χ3v) is 4.55. The lowest BCUT2D eigenvalue weighted by atomic mass is 9.98. The summed E-state index contributed by atoms with van der Waals surface area (Å²) in [6.45, 7) is 2.24. The molecule has 0 unspecified atom stereocenters. The standard InChI is InChI=1S/C18H18N2O2.ClH/c21-16-3-1-12-6-8-20(11-15(12)10-16)18(22)14-2-4-17-13(9-14)5-7-19-17;/h1-4,9-10,19,21H,5-8,11H2;1H. The molecule has 0 aliphatic carbocycles. The van der Waals surface area contributed by atoms with E-state index in [0.29, 0.717) is 6.54 Å². The van der Waals surface area contributed by atoms with Gasteiger partial charge in [-0.05, 0) is 59.9 Å². The number of nitrogens with one attached hydrogen (secondary N) is 1. The van der Waals surface area contributed by atoms with Crippen molar-refractivity contribution in [3.05, 3.63) is 58.7 Å². The molecule has 2 aromatic carbocycles. The Morgan fingerprint density at radius 1 is 1.04 bits per heavy atom. The lowest BCUT2D eigenvalue weighted by Gasteiger charge is -2.29. The van der Waals surface area contributed by atoms with Crippen molar-refractivity contribution in [1.82, 2.24) is 4.90 Å². The number of amides is 1. The largest absolute Gasteiger partial charge is 0.508 e. The number of benzene rings is 2. The number of rotatable bonds is 1. The Morgan fingerprint density at radius 3 is 2.78 bits per heavy atom. The summed E-state index contributed by atoms with van der Waals surface area (Å²) in [7, 11) is 0. The van der Waals surface area contributed by atoms with Gasteiger partial charge in [0.15, 0.2) is 0 Å². The minimum atomic E-state index is 0. The number of fused-ring (bicyclic) bond motifs is 2. The van der Waals surface area contributed by atoms with Crippen LogP contribution in [0.3, 0.4) is 0 Å². The Labute approximate surface area is 141 Å². The molecule has 2 heterocycles. The third-order valence-electron chi connectivity index (χ3n) is 4.55. The smallest absolute Gasteiger partial charge is 0.254 e. The van der Waals surface area contributed by atoms with Crippen molar-refractivity contribution in [2.45, 2.75) is 19.4 Å². The first kappa shape index (κ1) is 15.7. The molecular formula is C18H19ClN2O2. The Morgan fingerprint density at radius 2 is 1.91 bits per heavy atom. The van der Waals surface area contributed by atoms with Crippen LogP contribution in [0, 0.1) is 0 Å². The highest BCUT2D eigenvalue weighted by Gasteiger charge is 2.23. The van der Waals surface area contributed by atoms with E-state index < -0.39 is 0 Å². The predicted octanol–water partition coefficient (Wildman–Crippen LogP) is 2.98. The summed E-state index contributed by atoms with van der Waals surface area (Å²) in [5.74, 6) is 0.334. The molecule has 5 heteroatoms. The number of halogens is 1. The summed E-state index contributed by atoms with van der Waals surface area (Å²) in [6, 6.07) is 11.3. The number of aromatic hydroxyl groups is 1. The van der Waals surface area contributed by atoms with Crippen molar-refractivity contribution in [3.63, 3.8) is 0 Å². The van der Waals surface area contributed by atoms with Gasteiger partial charge in [-0.1, -0.05) is 6.07 Å². The van der Waals surface area contributed by atoms with Crippen molar-refractivity contribution < 1.29 is 9.90 Å². The number of carbonyl (C=O) groups excluding carboxylic acids is 1. The summed E-state index contributed by atoms with van der Waals surface area (Å²) >= 11 is 0. The van der Waals surface area contributed by atoms with Crippen LogP contribution in [-0.4, -0.2) is 29.0 Å². The second kappa shape index (κ2) is 6.13. The van der Waals surface area contributed by atoms with Gasteiger partial charge in [-0.3, -0.25) is 4.79 Å². The topological polar surface area (TPSA) is 52.6 Å². The zero-order valence-corrected chi connectivity index (χ0v) is 13.5. The molecule has 4 rings (SSSR count). The maximum absolute atomic E-state index is 12.7. The number of carbonyl (C=O) groups is 1. The zero-order chi connectivity index (χ0) is 15.1. The Bertz CT molecular complexity index is 761. The maximum Gasteiger partial charge on any atom is 0.254 e. The van der Waals surface area contributed by atoms with Gasteiger partial charge in [-0.2, -0.15) is 0 Å². The minimum absolute atomic E-state index is 0. The van der Waals surface area contributed by atoms with Crippen molar-refractivity contribution in [2.24, 2.45) is 0 Å². The lowest BCUT2D eigenvalue weighted by Crippen LogP contribution is -2.35. The van der Waals surface area contributed by atoms with Gasteiger partial charge in [0.2, 0.25) is 0 Å². The van der Waals surface area contributed by atoms with E-state index in [2.05, 4.69) is 5.32 Å². The molecule has 2 aliphatic rings. The van der Waals surface area contributed by atoms with Crippen molar-refractivity contribution in [2.75, 3.05) is 18.4 Å². The minimum Gasteiger partial charge on any atom is -0.508 e. The van der Waals surface area contributed by atoms with Crippen molar-refractivity contribution >= 4 is 24.0 Å². The van der Waals surface area contributed by atoms with Gasteiger partial charge < -0.3 is 15.3 Å². The van der Waals surface area contributed by atoms with Crippen LogP contribution in [0.1, 0.15) is 27.0 Å². The van der Waals surface area contributed by atoms with E-state index in [4.69, 9.17) is 0 Å². The molecule has 2 N–H and O–H groups in total. The first-order valence-corrected chi connectivity index (χ1v) is 7.67. The van der Waals surface area contributed by atoms with Crippen LogP contribution in [0.5, 0.6) is 5.75 Å². The second-order valence-corrected chi connectivity index (χ2v) is 5.98. The van der Waals surface area contributed by atoms with E-state index in [1.165, 1.54) is 11.1 Å². The van der Waals surface area contributed by atoms with Crippen LogP contribution in [0.2, 0.25) is 0 Å². The van der Waals surface area contributed by atoms with Gasteiger partial charge in [0.05, 0.1) is 0 Å². The number of phenols is 1. The molecule has 0 saturated heterocycles. The highest BCUT2D eigenvalue weighted by Crippen LogP contribution is 2.26. The first-order valence-electron chi connectivity index (χ1n) is 7.67. The van der Waals surface area contributed by atoms with Gasteiger partial charge in [0, 0.05) is 30.9 Å². The molecule has 23 heavy (non-hydrogen) atoms. The third kappa shape index (κ3) is 2.86. The quantitative estimate of drug-likeness (QED) is 0.845. The van der Waals surface area contributed by atoms with Crippen molar-refractivity contribution in [3.8, 4) is 5.75 Å². The molecule has 0 atom stereocenters. The molecule has 0 spiro atoms. The molecular weight excluding hydrogens is 312 g/mol. The van der Waals surface area contributed by atoms with E-state index in [1.807, 2.05) is 29.2 Å². The van der Waals surface area contributed by atoms with Gasteiger partial charge >= 0.3 is 0 Å². The number of hydrogen-bond acceptors (Lipinski definition) is 3. The SMILES string of the molecule is Cl.O=C(c1ccc2c(c1)CCN2)N1CCc2ccc(O)cc2C1. The van der Waals surface area contributed by atoms with Crippen LogP contribution in [0.4, 0.5) is 5.69 Å². The van der Waals surface area contributed by atoms with E-state index >= 15 is 0 Å². The van der Waals surface area contributed by atoms with Crippen LogP contribution in [0.15, 0.2) is 36.4 Å². The van der Waals surface area contributed by atoms with Crippen molar-refractivity contribution in [1.29, 1.82) is 0 Å². The summed E-state index contributed by atoms with van der Waals surface area (Å²) in [5, 5.41) is 12.9. The van der Waals surface area contributed by atoms with Crippen LogP contribution in [0.25, 0.3) is 0 Å². The molecule has 1 amide bonds. The maximum atomic E-state index is 12.7. The normalized spacial score (nSPS) is 15.2. The van der Waals surface area contributed by atoms with E-state index in [9.17, 15) is 9.90 Å². The second-order valence-electron chi connectivity index (χ2n) is 5.98. The number of anilines is 1. The summed E-state index contributed by atoms with van der Waals surface area (Å²) in [5.41, 5.74) is 5.39. The fraction of sp³-hybridized carbons (Fsp3) is 0.278. The summed E-state index contributed by atoms with van der Waals surface area (Å²) < 4.78 is 0. The van der Waals surface area contributed by atoms with Crippen LogP contribution < -0.4 is 5.32 Å². The first-order chi connectivity index (χ1) is 10.7. The highest BCUT2D eigenvalue weighted by molar-refractivity contribution is 5.95. The molecule has 2 aliphatic heterocycles. The van der Waals surface area contributed by atoms with Crippen LogP contribution in [-0.2, 0) is 19.4 Å². The number of nitrogens with zero attached hydrogens (tertiary/aromatic N) is 1. The summed E-state index contributed by atoms with van der Waals surface area (Å²) in [4.78, 5) is 14.6. The van der Waals surface area contributed by atoms with Gasteiger partial charge in [0.25, 0.3) is 5.91 Å². The van der Waals surface area contributed by atoms with E-state index in [-0.39, 0.29) is 24.1 Å². The predicted molar refractivity (Wildman–Crippen MR) is 92.4 cm³/mol. The molecule has 0 radical (unpaired) electrons. The monoisotopic (exact) mass is 330 g/mol. The molecule has 0 aromatic heterocycles. The van der Waals surface area contributed by atoms with Gasteiger partial charge in [-0.25, -0.2) is 0 Å². The van der Waals surface area contributed by atoms with Gasteiger partial charge in [-0.15, -0.1) is 12.4 Å². The highest BCUT2D eigenvalue weighted by atomic mass is 35.5. The fourth-order valence-electron chi connectivity index (χ4n) is 3.34. The fourth-order valence-corrected chi connectivity index (χ4v) is 3.34. The summed E-state index contributed by atoms with van der Waals surface area (Å²) in [6.07, 6.45) is 1.82. The zero-order valence-electron chi connectivity index (χ0n) is 12.7. The van der Waals surface area contributed by atoms with Gasteiger partial charge in [0.1, 0.15) is 5.75 Å². The lowest BCUT2D eigenvalue weighted by molar-refractivity contribution is 0.0734. The molecule has 2 aromatic rings. The average Bonchev–Trinajstić information content (AvgIpc) is 3.01. The molecule has 4 nitrogen and oxygen atoms in total. The Balaban J connectivity index is 0.00000156. The molecule has 0 saturated carbocycles. The molecule has 120 valence electrons. The Hall–Kier alpha value is -2.20. The number of hydrogen-bond donors (Lipinski definition) is 2.